The third kappa shape index (κ3) is 6.79. The molecule has 0 bridgehead atoms. The molecule has 2 heterocycles. The number of hydrogen-bond donors (Lipinski definition) is 0. The van der Waals surface area contributed by atoms with Gasteiger partial charge in [-0.3, -0.25) is 14.4 Å². The molecule has 0 saturated carbocycles. The minimum absolute atomic E-state index is 0.0125. The second-order valence-electron chi connectivity index (χ2n) is 9.10. The van der Waals surface area contributed by atoms with Gasteiger partial charge in [0.15, 0.2) is 12.4 Å². The smallest absolute Gasteiger partial charge is 0.353 e. The first kappa shape index (κ1) is 27.6. The first-order valence-electron chi connectivity index (χ1n) is 12.7. The van der Waals surface area contributed by atoms with Crippen LogP contribution in [0.15, 0.2) is 90.3 Å². The minimum atomic E-state index is -0.690. The van der Waals surface area contributed by atoms with Gasteiger partial charge >= 0.3 is 11.9 Å². The molecule has 4 aromatic rings. The highest BCUT2D eigenvalue weighted by Crippen LogP contribution is 2.30. The zero-order valence-corrected chi connectivity index (χ0v) is 22.8. The number of thiophene rings is 1. The number of Topliss-reactive ketones (excluding diaryl/α,β-unsaturated/α-hetero) is 1. The maximum Gasteiger partial charge on any atom is 0.353 e. The summed E-state index contributed by atoms with van der Waals surface area (Å²) in [5.41, 5.74) is 0.929. The van der Waals surface area contributed by atoms with Crippen molar-refractivity contribution in [3.63, 3.8) is 0 Å². The van der Waals surface area contributed by atoms with Crippen LogP contribution in [0.3, 0.4) is 0 Å². The van der Waals surface area contributed by atoms with Crippen LogP contribution >= 0.6 is 11.3 Å². The molecular formula is C31H25NO8S. The molecule has 0 aliphatic carbocycles. The van der Waals surface area contributed by atoms with Crippen molar-refractivity contribution in [2.75, 3.05) is 25.2 Å². The van der Waals surface area contributed by atoms with Crippen molar-refractivity contribution in [2.24, 2.45) is 5.92 Å². The molecule has 0 spiro atoms. The summed E-state index contributed by atoms with van der Waals surface area (Å²) in [5.74, 6) is -0.165. The topological polar surface area (TPSA) is 108 Å². The van der Waals surface area contributed by atoms with Crippen LogP contribution in [0.2, 0.25) is 0 Å². The maximum atomic E-state index is 12.7. The van der Waals surface area contributed by atoms with E-state index in [4.69, 9.17) is 18.9 Å². The number of carbonyl (C=O) groups is 4. The van der Waals surface area contributed by atoms with Gasteiger partial charge in [-0.25, -0.2) is 4.79 Å². The van der Waals surface area contributed by atoms with Gasteiger partial charge in [0.2, 0.25) is 5.91 Å². The van der Waals surface area contributed by atoms with Crippen molar-refractivity contribution in [3.8, 4) is 23.0 Å². The molecule has 0 unspecified atom stereocenters. The van der Waals surface area contributed by atoms with Gasteiger partial charge in [-0.05, 0) is 84.2 Å². The molecule has 0 radical (unpaired) electrons. The molecule has 10 heteroatoms. The van der Waals surface area contributed by atoms with Gasteiger partial charge in [-0.1, -0.05) is 6.07 Å². The Bertz CT molecular complexity index is 1530. The number of hydrogen-bond acceptors (Lipinski definition) is 9. The van der Waals surface area contributed by atoms with Gasteiger partial charge in [0.25, 0.3) is 0 Å². The van der Waals surface area contributed by atoms with Crippen molar-refractivity contribution < 1.29 is 38.1 Å². The van der Waals surface area contributed by atoms with Crippen LogP contribution in [0, 0.1) is 5.92 Å². The SMILES string of the molecule is COc1ccc(Oc2ccc(N3C[C@H](C(=O)OCC(=O)c4ccc(OC(=O)c5cccs5)cc4)CC3=O)cc2)cc1. The summed E-state index contributed by atoms with van der Waals surface area (Å²) in [6, 6.07) is 23.5. The molecule has 1 aromatic heterocycles. The fourth-order valence-electron chi connectivity index (χ4n) is 4.19. The van der Waals surface area contributed by atoms with Crippen molar-refractivity contribution in [1.29, 1.82) is 0 Å². The minimum Gasteiger partial charge on any atom is -0.497 e. The molecule has 1 fully saturated rings. The van der Waals surface area contributed by atoms with E-state index in [9.17, 15) is 19.2 Å². The van der Waals surface area contributed by atoms with E-state index in [1.54, 1.807) is 73.2 Å². The van der Waals surface area contributed by atoms with Gasteiger partial charge in [0.1, 0.15) is 27.9 Å². The third-order valence-corrected chi connectivity index (χ3v) is 7.21. The Balaban J connectivity index is 1.10. The van der Waals surface area contributed by atoms with Crippen LogP contribution in [0.1, 0.15) is 26.5 Å². The zero-order valence-electron chi connectivity index (χ0n) is 22.0. The number of esters is 2. The van der Waals surface area contributed by atoms with Crippen molar-refractivity contribution in [2.45, 2.75) is 6.42 Å². The van der Waals surface area contributed by atoms with E-state index in [2.05, 4.69) is 0 Å². The number of anilines is 1. The molecule has 1 aliphatic rings. The van der Waals surface area contributed by atoms with Crippen LogP contribution < -0.4 is 19.1 Å². The molecule has 3 aromatic carbocycles. The fraction of sp³-hybridized carbons (Fsp3) is 0.161. The number of benzene rings is 3. The zero-order chi connectivity index (χ0) is 28.8. The Kier molecular flexibility index (Phi) is 8.40. The van der Waals surface area contributed by atoms with Gasteiger partial charge in [0, 0.05) is 24.2 Å². The lowest BCUT2D eigenvalue weighted by Gasteiger charge is -2.17. The standard InChI is InChI=1S/C31H25NO8S/c1-37-23-12-14-25(15-13-23)39-24-10-6-22(7-11-24)32-18-21(17-29(32)34)30(35)38-19-27(33)20-4-8-26(9-5-20)40-31(36)28-3-2-16-41-28/h2-16,21H,17-19H2,1H3/t21-/m1/s1. The lowest BCUT2D eigenvalue weighted by molar-refractivity contribution is -0.147. The number of nitrogens with zero attached hydrogens (tertiary/aromatic N) is 1. The van der Waals surface area contributed by atoms with E-state index >= 15 is 0 Å². The third-order valence-electron chi connectivity index (χ3n) is 6.36. The molecule has 208 valence electrons. The first-order chi connectivity index (χ1) is 19.9. The quantitative estimate of drug-likeness (QED) is 0.139. The molecule has 5 rings (SSSR count). The molecule has 9 nitrogen and oxygen atoms in total. The fourth-order valence-corrected chi connectivity index (χ4v) is 4.79. The Labute approximate surface area is 239 Å². The lowest BCUT2D eigenvalue weighted by atomic mass is 10.1. The van der Waals surface area contributed by atoms with Crippen LogP contribution in [0.25, 0.3) is 0 Å². The van der Waals surface area contributed by atoms with E-state index in [1.165, 1.54) is 40.5 Å². The summed E-state index contributed by atoms with van der Waals surface area (Å²) in [4.78, 5) is 51.9. The van der Waals surface area contributed by atoms with Gasteiger partial charge < -0.3 is 23.8 Å². The first-order valence-corrected chi connectivity index (χ1v) is 13.6. The second-order valence-corrected chi connectivity index (χ2v) is 10.0. The van der Waals surface area contributed by atoms with Crippen LogP contribution in [-0.4, -0.2) is 43.9 Å². The van der Waals surface area contributed by atoms with E-state index in [0.717, 1.165) is 5.75 Å². The Hall–Kier alpha value is -4.96. The molecule has 1 aliphatic heterocycles. The molecule has 1 amide bonds. The average molecular weight is 572 g/mol. The van der Waals surface area contributed by atoms with E-state index in [0.29, 0.717) is 33.4 Å². The van der Waals surface area contributed by atoms with Crippen molar-refractivity contribution in [3.05, 3.63) is 101 Å². The summed E-state index contributed by atoms with van der Waals surface area (Å²) in [5, 5.41) is 1.77. The molecule has 0 N–H and O–H groups in total. The highest BCUT2D eigenvalue weighted by Gasteiger charge is 2.36. The van der Waals surface area contributed by atoms with E-state index in [-0.39, 0.29) is 18.9 Å². The van der Waals surface area contributed by atoms with Gasteiger partial charge in [0.05, 0.1) is 13.0 Å². The van der Waals surface area contributed by atoms with Crippen LogP contribution in [-0.2, 0) is 14.3 Å². The van der Waals surface area contributed by atoms with Gasteiger partial charge in [-0.15, -0.1) is 11.3 Å². The normalized spacial score (nSPS) is 14.4. The van der Waals surface area contributed by atoms with Crippen LogP contribution in [0.5, 0.6) is 23.0 Å². The molecule has 1 atom stereocenters. The number of amides is 1. The number of ether oxygens (including phenoxy) is 4. The Morgan fingerprint density at radius 3 is 2.12 bits per heavy atom. The van der Waals surface area contributed by atoms with Crippen molar-refractivity contribution in [1.82, 2.24) is 0 Å². The molecule has 41 heavy (non-hydrogen) atoms. The lowest BCUT2D eigenvalue weighted by Crippen LogP contribution is -2.27. The summed E-state index contributed by atoms with van der Waals surface area (Å²) >= 11 is 1.27. The monoisotopic (exact) mass is 571 g/mol. The predicted molar refractivity (Wildman–Crippen MR) is 151 cm³/mol. The summed E-state index contributed by atoms with van der Waals surface area (Å²) < 4.78 is 21.5. The van der Waals surface area contributed by atoms with Crippen molar-refractivity contribution >= 4 is 40.7 Å². The summed E-state index contributed by atoms with van der Waals surface area (Å²) in [7, 11) is 1.59. The van der Waals surface area contributed by atoms with E-state index in [1.807, 2.05) is 0 Å². The van der Waals surface area contributed by atoms with E-state index < -0.39 is 30.2 Å². The molecule has 1 saturated heterocycles. The Morgan fingerprint density at radius 2 is 1.49 bits per heavy atom. The average Bonchev–Trinajstić information content (AvgIpc) is 3.68. The highest BCUT2D eigenvalue weighted by atomic mass is 32.1. The largest absolute Gasteiger partial charge is 0.497 e. The number of rotatable bonds is 10. The summed E-state index contributed by atoms with van der Waals surface area (Å²) in [6.45, 7) is -0.315. The number of carbonyl (C=O) groups excluding carboxylic acids is 4. The second kappa shape index (κ2) is 12.5. The highest BCUT2D eigenvalue weighted by molar-refractivity contribution is 7.12. The summed E-state index contributed by atoms with van der Waals surface area (Å²) in [6.07, 6.45) is -0.0125. The van der Waals surface area contributed by atoms with Crippen LogP contribution in [0.4, 0.5) is 5.69 Å². The number of methoxy groups -OCH3 is 1. The molecular weight excluding hydrogens is 546 g/mol. The Morgan fingerprint density at radius 1 is 0.854 bits per heavy atom. The number of ketones is 1. The maximum absolute atomic E-state index is 12.7. The predicted octanol–water partition coefficient (Wildman–Crippen LogP) is 5.55. The van der Waals surface area contributed by atoms with Gasteiger partial charge in [-0.2, -0.15) is 0 Å².